The van der Waals surface area contributed by atoms with Gasteiger partial charge < -0.3 is 14.7 Å². The molecule has 1 heterocycles. The van der Waals surface area contributed by atoms with Gasteiger partial charge in [-0.1, -0.05) is 26.8 Å². The summed E-state index contributed by atoms with van der Waals surface area (Å²) in [5.41, 5.74) is 1.57. The Hall–Kier alpha value is -1.55. The average Bonchev–Trinajstić information content (AvgIpc) is 2.44. The summed E-state index contributed by atoms with van der Waals surface area (Å²) in [6, 6.07) is 5.55. The highest BCUT2D eigenvalue weighted by atomic mass is 16.5. The van der Waals surface area contributed by atoms with Gasteiger partial charge in [0.2, 0.25) is 5.91 Å². The molecule has 110 valence electrons. The Bertz CT molecular complexity index is 496. The maximum absolute atomic E-state index is 12.2. The van der Waals surface area contributed by atoms with Crippen LogP contribution in [0.1, 0.15) is 45.8 Å². The highest BCUT2D eigenvalue weighted by molar-refractivity contribution is 5.95. The lowest BCUT2D eigenvalue weighted by Gasteiger charge is -2.37. The van der Waals surface area contributed by atoms with E-state index in [1.807, 2.05) is 25.1 Å². The van der Waals surface area contributed by atoms with E-state index in [-0.39, 0.29) is 12.0 Å². The van der Waals surface area contributed by atoms with Crippen molar-refractivity contribution in [3.63, 3.8) is 0 Å². The predicted octanol–water partition coefficient (Wildman–Crippen LogP) is 2.90. The maximum atomic E-state index is 12.2. The molecule has 1 aliphatic rings. The Morgan fingerprint density at radius 1 is 1.45 bits per heavy atom. The summed E-state index contributed by atoms with van der Waals surface area (Å²) in [5.74, 6) is 1.15. The van der Waals surface area contributed by atoms with Crippen LogP contribution in [0.5, 0.6) is 5.75 Å². The Kier molecular flexibility index (Phi) is 4.33. The number of fused-ring (bicyclic) bond motifs is 1. The summed E-state index contributed by atoms with van der Waals surface area (Å²) >= 11 is 0. The lowest BCUT2D eigenvalue weighted by molar-refractivity contribution is -0.118. The molecule has 0 bridgehead atoms. The highest BCUT2D eigenvalue weighted by Gasteiger charge is 2.31. The number of carbonyl (C=O) groups excluding carboxylic acids is 1. The van der Waals surface area contributed by atoms with Gasteiger partial charge in [-0.15, -0.1) is 0 Å². The second-order valence-corrected chi connectivity index (χ2v) is 5.66. The van der Waals surface area contributed by atoms with E-state index in [0.717, 1.165) is 17.0 Å². The monoisotopic (exact) mass is 277 g/mol. The molecule has 0 aromatic heterocycles. The zero-order valence-corrected chi connectivity index (χ0v) is 12.6. The topological polar surface area (TPSA) is 49.8 Å². The second kappa shape index (κ2) is 5.83. The van der Waals surface area contributed by atoms with Crippen LogP contribution in [-0.4, -0.2) is 23.7 Å². The summed E-state index contributed by atoms with van der Waals surface area (Å²) in [7, 11) is 0. The SMILES string of the molecule is CCC(=O)N1CC(C(C)C)Oc2ccc(C(C)O)cc21. The van der Waals surface area contributed by atoms with Gasteiger partial charge >= 0.3 is 0 Å². The Morgan fingerprint density at radius 3 is 2.70 bits per heavy atom. The molecule has 1 aliphatic heterocycles. The number of nitrogens with zero attached hydrogens (tertiary/aromatic N) is 1. The first-order valence-corrected chi connectivity index (χ1v) is 7.23. The van der Waals surface area contributed by atoms with E-state index in [1.165, 1.54) is 0 Å². The van der Waals surface area contributed by atoms with E-state index in [0.29, 0.717) is 18.9 Å². The van der Waals surface area contributed by atoms with Gasteiger partial charge in [0.1, 0.15) is 11.9 Å². The lowest BCUT2D eigenvalue weighted by atomic mass is 10.0. The minimum absolute atomic E-state index is 0.00963. The first kappa shape index (κ1) is 14.9. The molecule has 0 spiro atoms. The lowest BCUT2D eigenvalue weighted by Crippen LogP contribution is -2.45. The molecule has 1 N–H and O–H groups in total. The average molecular weight is 277 g/mol. The summed E-state index contributed by atoms with van der Waals surface area (Å²) < 4.78 is 5.98. The van der Waals surface area contributed by atoms with Crippen molar-refractivity contribution in [2.75, 3.05) is 11.4 Å². The van der Waals surface area contributed by atoms with Gasteiger partial charge in [0.05, 0.1) is 18.3 Å². The number of hydrogen-bond acceptors (Lipinski definition) is 3. The zero-order valence-electron chi connectivity index (χ0n) is 12.6. The molecule has 4 nitrogen and oxygen atoms in total. The van der Waals surface area contributed by atoms with E-state index in [4.69, 9.17) is 4.74 Å². The fraction of sp³-hybridized carbons (Fsp3) is 0.562. The van der Waals surface area contributed by atoms with Gasteiger partial charge in [-0.3, -0.25) is 4.79 Å². The maximum Gasteiger partial charge on any atom is 0.226 e. The van der Waals surface area contributed by atoms with Crippen LogP contribution >= 0.6 is 0 Å². The fourth-order valence-corrected chi connectivity index (χ4v) is 2.36. The molecule has 1 aromatic carbocycles. The van der Waals surface area contributed by atoms with Crippen LogP contribution in [-0.2, 0) is 4.79 Å². The van der Waals surface area contributed by atoms with Crippen LogP contribution in [0.15, 0.2) is 18.2 Å². The molecule has 4 heteroatoms. The molecule has 0 aliphatic carbocycles. The third-order valence-electron chi connectivity index (χ3n) is 3.74. The molecule has 0 radical (unpaired) electrons. The molecule has 1 amide bonds. The minimum Gasteiger partial charge on any atom is -0.486 e. The largest absolute Gasteiger partial charge is 0.486 e. The van der Waals surface area contributed by atoms with Crippen molar-refractivity contribution in [1.82, 2.24) is 0 Å². The van der Waals surface area contributed by atoms with E-state index >= 15 is 0 Å². The van der Waals surface area contributed by atoms with Crippen molar-refractivity contribution < 1.29 is 14.6 Å². The standard InChI is InChI=1S/C16H23NO3/c1-5-16(19)17-9-15(10(2)3)20-14-7-6-12(11(4)18)8-13(14)17/h6-8,10-11,15,18H,5,9H2,1-4H3. The van der Waals surface area contributed by atoms with Gasteiger partial charge in [0.15, 0.2) is 0 Å². The molecule has 2 rings (SSSR count). The van der Waals surface area contributed by atoms with E-state index in [2.05, 4.69) is 13.8 Å². The smallest absolute Gasteiger partial charge is 0.226 e. The van der Waals surface area contributed by atoms with Gasteiger partial charge in [-0.25, -0.2) is 0 Å². The van der Waals surface area contributed by atoms with Gasteiger partial charge in [-0.05, 0) is 30.5 Å². The number of ether oxygens (including phenoxy) is 1. The molecule has 0 saturated heterocycles. The Balaban J connectivity index is 2.43. The first-order valence-electron chi connectivity index (χ1n) is 7.23. The molecule has 2 atom stereocenters. The number of aliphatic hydroxyl groups excluding tert-OH is 1. The second-order valence-electron chi connectivity index (χ2n) is 5.66. The van der Waals surface area contributed by atoms with Gasteiger partial charge in [0, 0.05) is 6.42 Å². The Morgan fingerprint density at radius 2 is 2.15 bits per heavy atom. The number of amides is 1. The van der Waals surface area contributed by atoms with Crippen LogP contribution < -0.4 is 9.64 Å². The summed E-state index contributed by atoms with van der Waals surface area (Å²) in [5, 5.41) is 9.70. The summed E-state index contributed by atoms with van der Waals surface area (Å²) in [4.78, 5) is 14.0. The van der Waals surface area contributed by atoms with Crippen molar-refractivity contribution in [2.45, 2.75) is 46.3 Å². The third kappa shape index (κ3) is 2.80. The molecule has 1 aromatic rings. The number of rotatable bonds is 3. The number of benzene rings is 1. The first-order chi connectivity index (χ1) is 9.43. The van der Waals surface area contributed by atoms with Crippen molar-refractivity contribution in [3.8, 4) is 5.75 Å². The Labute approximate surface area is 120 Å². The number of anilines is 1. The molecular weight excluding hydrogens is 254 g/mol. The van der Waals surface area contributed by atoms with E-state index < -0.39 is 6.10 Å². The van der Waals surface area contributed by atoms with Crippen LogP contribution in [0.2, 0.25) is 0 Å². The summed E-state index contributed by atoms with van der Waals surface area (Å²) in [6.45, 7) is 8.33. The van der Waals surface area contributed by atoms with Crippen LogP contribution in [0.25, 0.3) is 0 Å². The number of carbonyl (C=O) groups is 1. The number of aliphatic hydroxyl groups is 1. The molecule has 2 unspecified atom stereocenters. The van der Waals surface area contributed by atoms with Crippen molar-refractivity contribution in [1.29, 1.82) is 0 Å². The molecular formula is C16H23NO3. The van der Waals surface area contributed by atoms with Gasteiger partial charge in [0.25, 0.3) is 0 Å². The van der Waals surface area contributed by atoms with E-state index in [1.54, 1.807) is 11.8 Å². The molecule has 0 fully saturated rings. The zero-order chi connectivity index (χ0) is 14.9. The van der Waals surface area contributed by atoms with Crippen LogP contribution in [0, 0.1) is 5.92 Å². The predicted molar refractivity (Wildman–Crippen MR) is 79.0 cm³/mol. The van der Waals surface area contributed by atoms with Crippen molar-refractivity contribution >= 4 is 11.6 Å². The molecule has 20 heavy (non-hydrogen) atoms. The van der Waals surface area contributed by atoms with Crippen LogP contribution in [0.4, 0.5) is 5.69 Å². The molecule has 0 saturated carbocycles. The summed E-state index contributed by atoms with van der Waals surface area (Å²) in [6.07, 6.45) is -0.0829. The number of hydrogen-bond donors (Lipinski definition) is 1. The fourth-order valence-electron chi connectivity index (χ4n) is 2.36. The normalized spacial score (nSPS) is 19.5. The van der Waals surface area contributed by atoms with Crippen LogP contribution in [0.3, 0.4) is 0 Å². The minimum atomic E-state index is -0.554. The quantitative estimate of drug-likeness (QED) is 0.924. The van der Waals surface area contributed by atoms with Gasteiger partial charge in [-0.2, -0.15) is 0 Å². The van der Waals surface area contributed by atoms with Crippen molar-refractivity contribution in [3.05, 3.63) is 23.8 Å². The third-order valence-corrected chi connectivity index (χ3v) is 3.74. The highest BCUT2D eigenvalue weighted by Crippen LogP contribution is 2.37. The van der Waals surface area contributed by atoms with E-state index in [9.17, 15) is 9.90 Å². The van der Waals surface area contributed by atoms with Crippen molar-refractivity contribution in [2.24, 2.45) is 5.92 Å².